The molecule has 6 heteroatoms. The second-order valence-corrected chi connectivity index (χ2v) is 2.56. The molecule has 0 fully saturated rings. The molecule has 0 aliphatic carbocycles. The van der Waals surface area contributed by atoms with Gasteiger partial charge in [0.15, 0.2) is 0 Å². The molecule has 0 saturated carbocycles. The number of carbonyl (C=O) groups excluding carboxylic acids is 2. The maximum Gasteiger partial charge on any atom is 2.00 e. The number of rotatable bonds is 3. The Morgan fingerprint density at radius 2 is 1.37 bits per heavy atom. The summed E-state index contributed by atoms with van der Waals surface area (Å²) in [6.45, 7) is 5.80. The molecule has 0 spiro atoms. The summed E-state index contributed by atoms with van der Waals surface area (Å²) in [5.41, 5.74) is 0. The zero-order valence-electron chi connectivity index (χ0n) is 10.7. The number of hydrogen-bond donors (Lipinski definition) is 0. The number of hydrogen-bond acceptors (Lipinski definition) is 5. The molecule has 0 heterocycles. The summed E-state index contributed by atoms with van der Waals surface area (Å²) in [6.07, 6.45) is 1.44. The zero-order chi connectivity index (χ0) is 14.4. The minimum absolute atomic E-state index is 0. The normalized spacial score (nSPS) is 7.00. The average molecular weight is 290 g/mol. The summed E-state index contributed by atoms with van der Waals surface area (Å²) in [7, 11) is 1.66. The fourth-order valence-electron chi connectivity index (χ4n) is 0.557. The summed E-state index contributed by atoms with van der Waals surface area (Å²) in [6, 6.07) is 9.68. The van der Waals surface area contributed by atoms with Crippen molar-refractivity contribution >= 4 is 49.7 Å². The molecular weight excluding hydrogens is 276 g/mol. The molecule has 0 amide bonds. The molecule has 0 radical (unpaired) electrons. The maximum atomic E-state index is 9.14. The van der Waals surface area contributed by atoms with Crippen LogP contribution >= 0.6 is 0 Å². The first-order valence-electron chi connectivity index (χ1n) is 4.73. The Labute approximate surface area is 142 Å². The summed E-state index contributed by atoms with van der Waals surface area (Å²) in [5, 5.41) is 18.3. The van der Waals surface area contributed by atoms with Gasteiger partial charge in [-0.25, -0.2) is 0 Å². The number of benzene rings is 1. The van der Waals surface area contributed by atoms with Crippen molar-refractivity contribution in [1.82, 2.24) is 0 Å². The van der Waals surface area contributed by atoms with Gasteiger partial charge in [-0.3, -0.25) is 0 Å². The van der Waals surface area contributed by atoms with Crippen LogP contribution < -0.4 is 14.9 Å². The van der Waals surface area contributed by atoms with Gasteiger partial charge in [-0.05, 0) is 24.3 Å². The number of para-hydroxylation sites is 1. The van der Waals surface area contributed by atoms with Crippen molar-refractivity contribution < 1.29 is 24.5 Å². The van der Waals surface area contributed by atoms with Crippen molar-refractivity contribution in [2.24, 2.45) is 0 Å². The first kappa shape index (κ1) is 22.8. The Kier molecular flexibility index (Phi) is 20.1. The fraction of sp³-hybridized carbons (Fsp3) is 0.0769. The van der Waals surface area contributed by atoms with Crippen molar-refractivity contribution in [3.05, 3.63) is 55.6 Å². The van der Waals surface area contributed by atoms with Gasteiger partial charge in [-0.1, -0.05) is 31.4 Å². The van der Waals surface area contributed by atoms with Crippen LogP contribution in [0.3, 0.4) is 0 Å². The number of carboxylic acids is 2. The van der Waals surface area contributed by atoms with E-state index in [1.807, 2.05) is 30.3 Å². The summed E-state index contributed by atoms with van der Waals surface area (Å²) < 4.78 is 4.91. The van der Waals surface area contributed by atoms with E-state index in [1.165, 1.54) is 0 Å². The monoisotopic (exact) mass is 290 g/mol. The van der Waals surface area contributed by atoms with Gasteiger partial charge in [0, 0.05) is 0 Å². The minimum Gasteiger partial charge on any atom is -0.545 e. The maximum absolute atomic E-state index is 9.14. The van der Waals surface area contributed by atoms with Crippen molar-refractivity contribution in [2.75, 3.05) is 7.11 Å². The predicted octanol–water partition coefficient (Wildman–Crippen LogP) is -0.841. The molecular formula is C13H14CaO5. The van der Waals surface area contributed by atoms with Gasteiger partial charge in [-0.15, -0.1) is 0 Å². The molecule has 0 aliphatic heterocycles. The van der Waals surface area contributed by atoms with Crippen LogP contribution in [0.5, 0.6) is 5.75 Å². The number of carbonyl (C=O) groups is 2. The molecule has 0 aromatic heterocycles. The van der Waals surface area contributed by atoms with E-state index in [-0.39, 0.29) is 37.7 Å². The van der Waals surface area contributed by atoms with Crippen molar-refractivity contribution in [3.8, 4) is 5.75 Å². The van der Waals surface area contributed by atoms with E-state index < -0.39 is 11.9 Å². The molecule has 1 aromatic carbocycles. The first-order valence-corrected chi connectivity index (χ1v) is 4.73. The smallest absolute Gasteiger partial charge is 0.545 e. The zero-order valence-corrected chi connectivity index (χ0v) is 12.9. The predicted molar refractivity (Wildman–Crippen MR) is 69.2 cm³/mol. The van der Waals surface area contributed by atoms with E-state index in [0.717, 1.165) is 17.9 Å². The van der Waals surface area contributed by atoms with Crippen LogP contribution in [0.15, 0.2) is 55.6 Å². The fourth-order valence-corrected chi connectivity index (χ4v) is 0.557. The summed E-state index contributed by atoms with van der Waals surface area (Å²) in [4.78, 5) is 18.3. The second-order valence-electron chi connectivity index (χ2n) is 2.56. The van der Waals surface area contributed by atoms with E-state index in [9.17, 15) is 0 Å². The Morgan fingerprint density at radius 3 is 1.53 bits per heavy atom. The Morgan fingerprint density at radius 1 is 1.05 bits per heavy atom. The number of carboxylic acid groups (broad SMARTS) is 2. The standard InChI is InChI=1S/C7H8O.2C3H4O2.Ca/c1-8-7-5-3-2-4-6-7;2*1-2-3(4)5;/h2-6H,1H3;2*2H,1H2,(H,4,5);/q;;;+2/p-2. The quantitative estimate of drug-likeness (QED) is 0.535. The average Bonchev–Trinajstić information content (AvgIpc) is 2.41. The molecule has 1 rings (SSSR count). The van der Waals surface area contributed by atoms with Gasteiger partial charge in [-0.2, -0.15) is 0 Å². The van der Waals surface area contributed by atoms with Gasteiger partial charge < -0.3 is 24.5 Å². The molecule has 0 bridgehead atoms. The Balaban J connectivity index is -0.000000208. The Hall–Kier alpha value is -1.30. The number of methoxy groups -OCH3 is 1. The van der Waals surface area contributed by atoms with Crippen LogP contribution in [0, 0.1) is 0 Å². The van der Waals surface area contributed by atoms with Gasteiger partial charge in [0.05, 0.1) is 19.0 Å². The molecule has 19 heavy (non-hydrogen) atoms. The van der Waals surface area contributed by atoms with E-state index in [2.05, 4.69) is 13.2 Å². The molecule has 0 aliphatic rings. The minimum atomic E-state index is -1.23. The SMILES string of the molecule is C=CC(=O)[O-].C=CC(=O)[O-].COc1ccccc1.[Ca+2]. The molecule has 0 atom stereocenters. The van der Waals surface area contributed by atoms with Gasteiger partial charge in [0.1, 0.15) is 5.75 Å². The Bertz CT molecular complexity index is 358. The van der Waals surface area contributed by atoms with E-state index in [4.69, 9.17) is 24.5 Å². The van der Waals surface area contributed by atoms with Crippen LogP contribution in [0.25, 0.3) is 0 Å². The molecule has 1 aromatic rings. The summed E-state index contributed by atoms with van der Waals surface area (Å²) >= 11 is 0. The van der Waals surface area contributed by atoms with Crippen LogP contribution in [-0.4, -0.2) is 56.8 Å². The van der Waals surface area contributed by atoms with Crippen molar-refractivity contribution in [3.63, 3.8) is 0 Å². The van der Waals surface area contributed by atoms with Gasteiger partial charge >= 0.3 is 37.7 Å². The first-order chi connectivity index (χ1) is 8.47. The molecule has 0 saturated heterocycles. The number of aliphatic carboxylic acids is 2. The second kappa shape index (κ2) is 16.7. The largest absolute Gasteiger partial charge is 2.00 e. The molecule has 98 valence electrons. The van der Waals surface area contributed by atoms with Crippen molar-refractivity contribution in [2.45, 2.75) is 0 Å². The summed E-state index contributed by atoms with van der Waals surface area (Å²) in [5.74, 6) is -1.55. The van der Waals surface area contributed by atoms with Gasteiger partial charge in [0.2, 0.25) is 0 Å². The van der Waals surface area contributed by atoms with Crippen LogP contribution in [0.2, 0.25) is 0 Å². The van der Waals surface area contributed by atoms with Crippen LogP contribution in [0.4, 0.5) is 0 Å². The van der Waals surface area contributed by atoms with Crippen LogP contribution in [-0.2, 0) is 9.59 Å². The molecule has 0 N–H and O–H groups in total. The molecule has 5 nitrogen and oxygen atoms in total. The molecule has 0 unspecified atom stereocenters. The number of ether oxygens (including phenoxy) is 1. The topological polar surface area (TPSA) is 89.5 Å². The third-order valence-corrected chi connectivity index (χ3v) is 1.31. The third-order valence-electron chi connectivity index (χ3n) is 1.31. The third kappa shape index (κ3) is 22.4. The van der Waals surface area contributed by atoms with E-state index in [1.54, 1.807) is 7.11 Å². The van der Waals surface area contributed by atoms with Crippen molar-refractivity contribution in [1.29, 1.82) is 0 Å². The van der Waals surface area contributed by atoms with E-state index in [0.29, 0.717) is 0 Å². The van der Waals surface area contributed by atoms with E-state index >= 15 is 0 Å². The van der Waals surface area contributed by atoms with Crippen LogP contribution in [0.1, 0.15) is 0 Å². The van der Waals surface area contributed by atoms with Gasteiger partial charge in [0.25, 0.3) is 0 Å².